The Morgan fingerprint density at radius 1 is 1.32 bits per heavy atom. The van der Waals surface area contributed by atoms with E-state index in [1.807, 2.05) is 31.5 Å². The molecule has 6 heteroatoms. The van der Waals surface area contributed by atoms with Gasteiger partial charge in [-0.05, 0) is 51.3 Å². The van der Waals surface area contributed by atoms with Gasteiger partial charge in [0.2, 0.25) is 0 Å². The lowest BCUT2D eigenvalue weighted by Crippen LogP contribution is -2.20. The minimum atomic E-state index is 0.660. The Morgan fingerprint density at radius 2 is 2.24 bits per heavy atom. The quantitative estimate of drug-likeness (QED) is 0.696. The third-order valence-corrected chi connectivity index (χ3v) is 5.57. The highest BCUT2D eigenvalue weighted by Crippen LogP contribution is 2.27. The maximum Gasteiger partial charge on any atom is 0.143 e. The molecule has 0 saturated carbocycles. The van der Waals surface area contributed by atoms with E-state index in [0.29, 0.717) is 5.92 Å². The lowest BCUT2D eigenvalue weighted by molar-refractivity contribution is 0.315. The van der Waals surface area contributed by atoms with E-state index in [-0.39, 0.29) is 0 Å². The normalized spacial score (nSPS) is 18.1. The van der Waals surface area contributed by atoms with Crippen LogP contribution in [0.5, 0.6) is 0 Å². The van der Waals surface area contributed by atoms with Gasteiger partial charge in [0.05, 0.1) is 23.5 Å². The van der Waals surface area contributed by atoms with E-state index in [0.717, 1.165) is 54.5 Å². The Kier molecular flexibility index (Phi) is 4.63. The summed E-state index contributed by atoms with van der Waals surface area (Å²) in [7, 11) is 0. The summed E-state index contributed by atoms with van der Waals surface area (Å²) in [5, 5.41) is 7.30. The maximum atomic E-state index is 5.29. The largest absolute Gasteiger partial charge is 0.361 e. The first-order valence-electron chi connectivity index (χ1n) is 8.69. The zero-order valence-electron chi connectivity index (χ0n) is 14.6. The second-order valence-electron chi connectivity index (χ2n) is 6.73. The average molecular weight is 354 g/mol. The van der Waals surface area contributed by atoms with E-state index in [9.17, 15) is 0 Å². The van der Waals surface area contributed by atoms with Gasteiger partial charge in [-0.3, -0.25) is 9.88 Å². The molecule has 5 nitrogen and oxygen atoms in total. The monoisotopic (exact) mass is 354 g/mol. The van der Waals surface area contributed by atoms with Gasteiger partial charge in [0.1, 0.15) is 10.8 Å². The molecule has 0 unspecified atom stereocenters. The van der Waals surface area contributed by atoms with E-state index in [1.54, 1.807) is 11.3 Å². The summed E-state index contributed by atoms with van der Waals surface area (Å²) in [5.41, 5.74) is 4.04. The second kappa shape index (κ2) is 7.06. The molecule has 0 N–H and O–H groups in total. The molecule has 0 bridgehead atoms. The number of rotatable bonds is 5. The Hall–Kier alpha value is -2.05. The second-order valence-corrected chi connectivity index (χ2v) is 7.71. The van der Waals surface area contributed by atoms with Crippen molar-refractivity contribution in [3.63, 3.8) is 0 Å². The van der Waals surface area contributed by atoms with Crippen LogP contribution in [0.25, 0.3) is 11.3 Å². The van der Waals surface area contributed by atoms with E-state index < -0.39 is 0 Å². The first kappa shape index (κ1) is 16.4. The molecule has 4 heterocycles. The molecule has 25 heavy (non-hydrogen) atoms. The summed E-state index contributed by atoms with van der Waals surface area (Å²) in [4.78, 5) is 11.8. The molecule has 3 aromatic heterocycles. The summed E-state index contributed by atoms with van der Waals surface area (Å²) in [6.45, 7) is 7.15. The molecule has 0 amide bonds. The minimum Gasteiger partial charge on any atom is -0.361 e. The van der Waals surface area contributed by atoms with Crippen LogP contribution in [0.1, 0.15) is 28.6 Å². The van der Waals surface area contributed by atoms with Gasteiger partial charge in [-0.1, -0.05) is 11.2 Å². The molecule has 1 atom stereocenters. The highest BCUT2D eigenvalue weighted by atomic mass is 32.1. The maximum absolute atomic E-state index is 5.29. The van der Waals surface area contributed by atoms with Crippen molar-refractivity contribution >= 4 is 11.3 Å². The topological polar surface area (TPSA) is 55.1 Å². The van der Waals surface area contributed by atoms with Gasteiger partial charge >= 0.3 is 0 Å². The van der Waals surface area contributed by atoms with E-state index in [1.165, 1.54) is 11.4 Å². The van der Waals surface area contributed by atoms with Crippen molar-refractivity contribution in [2.75, 3.05) is 13.1 Å². The smallest absolute Gasteiger partial charge is 0.143 e. The highest BCUT2D eigenvalue weighted by molar-refractivity contribution is 7.09. The lowest BCUT2D eigenvalue weighted by atomic mass is 10.0. The summed E-state index contributed by atoms with van der Waals surface area (Å²) < 4.78 is 5.29. The number of aromatic nitrogens is 3. The molecule has 3 aromatic rings. The van der Waals surface area contributed by atoms with Gasteiger partial charge in [0, 0.05) is 23.8 Å². The fourth-order valence-corrected chi connectivity index (χ4v) is 4.28. The van der Waals surface area contributed by atoms with Gasteiger partial charge in [-0.25, -0.2) is 4.98 Å². The molecule has 0 radical (unpaired) electrons. The van der Waals surface area contributed by atoms with Crippen LogP contribution in [0.3, 0.4) is 0 Å². The molecule has 1 aliphatic rings. The van der Waals surface area contributed by atoms with Crippen molar-refractivity contribution < 1.29 is 4.52 Å². The van der Waals surface area contributed by atoms with Crippen molar-refractivity contribution in [1.29, 1.82) is 0 Å². The van der Waals surface area contributed by atoms with Crippen LogP contribution in [0.2, 0.25) is 0 Å². The molecule has 130 valence electrons. The van der Waals surface area contributed by atoms with Crippen LogP contribution in [0.15, 0.2) is 34.3 Å². The summed E-state index contributed by atoms with van der Waals surface area (Å²) in [6, 6.07) is 6.26. The molecule has 1 aliphatic heterocycles. The van der Waals surface area contributed by atoms with Crippen molar-refractivity contribution in [3.8, 4) is 11.3 Å². The summed E-state index contributed by atoms with van der Waals surface area (Å²) >= 11 is 1.74. The predicted molar refractivity (Wildman–Crippen MR) is 98.4 cm³/mol. The van der Waals surface area contributed by atoms with Crippen LogP contribution >= 0.6 is 11.3 Å². The number of nitrogens with zero attached hydrogens (tertiary/aromatic N) is 4. The van der Waals surface area contributed by atoms with Crippen molar-refractivity contribution in [2.45, 2.75) is 33.2 Å². The number of hydrogen-bond acceptors (Lipinski definition) is 6. The first-order chi connectivity index (χ1) is 12.2. The third kappa shape index (κ3) is 3.65. The van der Waals surface area contributed by atoms with Crippen LogP contribution in [0, 0.1) is 19.8 Å². The number of aryl methyl sites for hydroxylation is 2. The average Bonchev–Trinajstić information content (AvgIpc) is 3.32. The van der Waals surface area contributed by atoms with Crippen LogP contribution < -0.4 is 0 Å². The van der Waals surface area contributed by atoms with E-state index in [2.05, 4.69) is 27.2 Å². The molecular formula is C19H22N4OS. The zero-order chi connectivity index (χ0) is 17.2. The summed E-state index contributed by atoms with van der Waals surface area (Å²) in [5.74, 6) is 1.49. The van der Waals surface area contributed by atoms with Gasteiger partial charge in [-0.2, -0.15) is 0 Å². The molecule has 0 aliphatic carbocycles. The van der Waals surface area contributed by atoms with Gasteiger partial charge in [-0.15, -0.1) is 11.3 Å². The third-order valence-electron chi connectivity index (χ3n) is 4.81. The fourth-order valence-electron chi connectivity index (χ4n) is 3.62. The fraction of sp³-hybridized carbons (Fsp3) is 0.421. The Morgan fingerprint density at radius 3 is 3.00 bits per heavy atom. The summed E-state index contributed by atoms with van der Waals surface area (Å²) in [6.07, 6.45) is 4.13. The molecule has 1 saturated heterocycles. The van der Waals surface area contributed by atoms with Crippen molar-refractivity contribution in [3.05, 3.63) is 51.9 Å². The van der Waals surface area contributed by atoms with Crippen LogP contribution in [0.4, 0.5) is 0 Å². The number of hydrogen-bond donors (Lipinski definition) is 0. The van der Waals surface area contributed by atoms with Crippen LogP contribution in [-0.2, 0) is 13.0 Å². The first-order valence-corrected chi connectivity index (χ1v) is 9.57. The van der Waals surface area contributed by atoms with Crippen LogP contribution in [-0.4, -0.2) is 33.1 Å². The van der Waals surface area contributed by atoms with E-state index in [4.69, 9.17) is 9.51 Å². The number of pyridine rings is 1. The zero-order valence-corrected chi connectivity index (χ0v) is 15.4. The standard InChI is InChI=1S/C19H22N4OS/c1-13-19(14(2)24-22-13)17-5-3-4-16(21-17)10-15-6-8-23(11-15)12-18-20-7-9-25-18/h3-5,7,9,15H,6,8,10-12H2,1-2H3/t15-/m0/s1. The Labute approximate surface area is 151 Å². The van der Waals surface area contributed by atoms with Gasteiger partial charge < -0.3 is 4.52 Å². The van der Waals surface area contributed by atoms with Crippen molar-refractivity contribution in [1.82, 2.24) is 20.0 Å². The molecule has 1 fully saturated rings. The van der Waals surface area contributed by atoms with Gasteiger partial charge in [0.25, 0.3) is 0 Å². The molecule has 4 rings (SSSR count). The van der Waals surface area contributed by atoms with E-state index >= 15 is 0 Å². The SMILES string of the molecule is Cc1noc(C)c1-c1cccc(C[C@@H]2CCN(Cc3nccs3)C2)n1. The molecule has 0 aromatic carbocycles. The minimum absolute atomic E-state index is 0.660. The number of likely N-dealkylation sites (tertiary alicyclic amines) is 1. The Bertz CT molecular complexity index is 823. The molecule has 0 spiro atoms. The lowest BCUT2D eigenvalue weighted by Gasteiger charge is -2.14. The highest BCUT2D eigenvalue weighted by Gasteiger charge is 2.24. The molecular weight excluding hydrogens is 332 g/mol. The van der Waals surface area contributed by atoms with Crippen molar-refractivity contribution in [2.24, 2.45) is 5.92 Å². The van der Waals surface area contributed by atoms with Gasteiger partial charge in [0.15, 0.2) is 0 Å². The Balaban J connectivity index is 1.43. The number of thiazole rings is 1. The predicted octanol–water partition coefficient (Wildman–Crippen LogP) is 3.87.